The third kappa shape index (κ3) is 4.64. The highest BCUT2D eigenvalue weighted by molar-refractivity contribution is 6.86. The molecule has 54 heavy (non-hydrogen) atoms. The van der Waals surface area contributed by atoms with Crippen LogP contribution in [0.3, 0.4) is 0 Å². The lowest BCUT2D eigenvalue weighted by molar-refractivity contribution is 0.260. The molecule has 10 nitrogen and oxygen atoms in total. The summed E-state index contributed by atoms with van der Waals surface area (Å²) < 4.78 is 30.7. The van der Waals surface area contributed by atoms with E-state index in [1.54, 1.807) is 0 Å². The van der Waals surface area contributed by atoms with Gasteiger partial charge in [0.15, 0.2) is 16.7 Å². The van der Waals surface area contributed by atoms with Crippen molar-refractivity contribution in [3.8, 4) is 11.4 Å². The second-order valence-corrected chi connectivity index (χ2v) is 22.6. The highest BCUT2D eigenvalue weighted by Crippen LogP contribution is 2.34. The summed E-state index contributed by atoms with van der Waals surface area (Å²) >= 11 is 0. The van der Waals surface area contributed by atoms with Crippen LogP contribution >= 0.6 is 0 Å². The van der Waals surface area contributed by atoms with Crippen molar-refractivity contribution in [1.29, 1.82) is 0 Å². The normalized spacial score (nSPS) is 15.8. The summed E-state index contributed by atoms with van der Waals surface area (Å²) in [6.07, 6.45) is 3.75. The standard InChI is InChI=1S/C42H34N6O4Si2/c1-53(2)36-20-17-33(28-11-7-8-12-29(28)36)48-24-44-31-15-19-35-39(41(31)48)46-42(52-35)54(3,4)50-22-37-45-38-34(51-37)18-14-30-40(38)47(23-43-30)32-16-13-25(21-49-53)26-9-5-6-10-27(26)32/h5-20,23-24H,21-22H2,1-4H3. The second-order valence-electron chi connectivity index (χ2n) is 15.0. The first-order valence-corrected chi connectivity index (χ1v) is 23.9. The fraction of sp³-hybridized carbons (Fsp3) is 0.143. The van der Waals surface area contributed by atoms with Crippen LogP contribution < -0.4 is 10.7 Å². The first kappa shape index (κ1) is 31.6. The highest BCUT2D eigenvalue weighted by Gasteiger charge is 2.34. The molecule has 264 valence electrons. The Kier molecular flexibility index (Phi) is 6.60. The summed E-state index contributed by atoms with van der Waals surface area (Å²) in [6.45, 7) is 9.39. The lowest BCUT2D eigenvalue weighted by Gasteiger charge is -2.26. The van der Waals surface area contributed by atoms with E-state index in [1.165, 1.54) is 10.6 Å². The molecule has 0 radical (unpaired) electrons. The fourth-order valence-electron chi connectivity index (χ4n) is 8.05. The van der Waals surface area contributed by atoms with E-state index < -0.39 is 16.6 Å². The average molecular weight is 743 g/mol. The molecule has 7 heterocycles. The zero-order valence-corrected chi connectivity index (χ0v) is 32.1. The summed E-state index contributed by atoms with van der Waals surface area (Å²) in [5, 5.41) is 5.77. The zero-order valence-electron chi connectivity index (χ0n) is 30.1. The molecule has 0 N–H and O–H groups in total. The van der Waals surface area contributed by atoms with E-state index in [0.29, 0.717) is 29.2 Å². The minimum Gasteiger partial charge on any atom is -0.442 e. The van der Waals surface area contributed by atoms with Gasteiger partial charge in [-0.05, 0) is 84.1 Å². The number of aromatic nitrogens is 6. The van der Waals surface area contributed by atoms with Crippen LogP contribution in [0.2, 0.25) is 26.2 Å². The van der Waals surface area contributed by atoms with Crippen LogP contribution in [-0.2, 0) is 22.1 Å². The predicted molar refractivity (Wildman–Crippen MR) is 216 cm³/mol. The first-order valence-electron chi connectivity index (χ1n) is 18.1. The van der Waals surface area contributed by atoms with E-state index in [2.05, 4.69) is 108 Å². The smallest absolute Gasteiger partial charge is 0.283 e. The van der Waals surface area contributed by atoms with Gasteiger partial charge in [-0.1, -0.05) is 60.7 Å². The molecule has 0 aliphatic carbocycles. The summed E-state index contributed by atoms with van der Waals surface area (Å²) in [6, 6.07) is 33.7. The SMILES string of the molecule is C[Si]1(C)OCc2nc3c(ccc4ncn(c43)-c3ccc(c4ccccc34)CO[Si](C)(C)c3ccc(c4ccccc34)-n3cnc4ccc5oc1nc5c43)o2. The van der Waals surface area contributed by atoms with Gasteiger partial charge < -0.3 is 17.7 Å². The maximum Gasteiger partial charge on any atom is 0.283 e. The van der Waals surface area contributed by atoms with Crippen molar-refractivity contribution < 1.29 is 17.7 Å². The number of nitrogens with zero attached hydrogens (tertiary/aromatic N) is 6. The average Bonchev–Trinajstić information content (AvgIpc) is 3.99. The molecule has 10 aromatic rings. The summed E-state index contributed by atoms with van der Waals surface area (Å²) in [5.74, 6) is 0.483. The Balaban J connectivity index is 1.15. The molecule has 3 aliphatic heterocycles. The van der Waals surface area contributed by atoms with Crippen molar-refractivity contribution in [2.45, 2.75) is 39.4 Å². The molecule has 8 bridgehead atoms. The van der Waals surface area contributed by atoms with Crippen molar-refractivity contribution in [2.75, 3.05) is 0 Å². The Bertz CT molecular complexity index is 3160. The topological polar surface area (TPSA) is 106 Å². The van der Waals surface area contributed by atoms with Gasteiger partial charge in [-0.3, -0.25) is 9.13 Å². The predicted octanol–water partition coefficient (Wildman–Crippen LogP) is 8.52. The van der Waals surface area contributed by atoms with Gasteiger partial charge in [-0.2, -0.15) is 0 Å². The van der Waals surface area contributed by atoms with Gasteiger partial charge in [0.1, 0.15) is 41.3 Å². The van der Waals surface area contributed by atoms with Gasteiger partial charge in [-0.25, -0.2) is 19.9 Å². The molecule has 0 fully saturated rings. The third-order valence-electron chi connectivity index (χ3n) is 10.9. The van der Waals surface area contributed by atoms with Crippen LogP contribution in [0.25, 0.3) is 77.2 Å². The van der Waals surface area contributed by atoms with E-state index in [9.17, 15) is 0 Å². The van der Waals surface area contributed by atoms with E-state index in [1.807, 2.05) is 36.9 Å². The highest BCUT2D eigenvalue weighted by atomic mass is 28.4. The van der Waals surface area contributed by atoms with Crippen LogP contribution in [-0.4, -0.2) is 45.7 Å². The molecule has 0 spiro atoms. The second kappa shape index (κ2) is 11.3. The van der Waals surface area contributed by atoms with E-state index in [-0.39, 0.29) is 6.61 Å². The van der Waals surface area contributed by atoms with Gasteiger partial charge in [0.2, 0.25) is 14.2 Å². The molecule has 0 unspecified atom stereocenters. The van der Waals surface area contributed by atoms with Crippen LogP contribution in [0.15, 0.2) is 119 Å². The van der Waals surface area contributed by atoms with Gasteiger partial charge in [0.25, 0.3) is 8.32 Å². The summed E-state index contributed by atoms with van der Waals surface area (Å²) in [7, 11) is -5.16. The van der Waals surface area contributed by atoms with Crippen molar-refractivity contribution >= 4 is 93.1 Å². The summed E-state index contributed by atoms with van der Waals surface area (Å²) in [5.41, 5.74) is 10.0. The van der Waals surface area contributed by atoms with Crippen molar-refractivity contribution in [2.24, 2.45) is 0 Å². The lowest BCUT2D eigenvalue weighted by Crippen LogP contribution is -2.45. The van der Waals surface area contributed by atoms with Gasteiger partial charge >= 0.3 is 0 Å². The number of hydrogen-bond donors (Lipinski definition) is 0. The Morgan fingerprint density at radius 3 is 1.81 bits per heavy atom. The molecule has 4 aromatic heterocycles. The van der Waals surface area contributed by atoms with Crippen LogP contribution in [0, 0.1) is 0 Å². The minimum atomic E-state index is -2.70. The molecule has 0 atom stereocenters. The first-order chi connectivity index (χ1) is 26.2. The van der Waals surface area contributed by atoms with Gasteiger partial charge in [0.05, 0.1) is 29.0 Å². The molecule has 0 saturated heterocycles. The summed E-state index contributed by atoms with van der Waals surface area (Å²) in [4.78, 5) is 19.7. The minimum absolute atomic E-state index is 0.172. The Hall–Kier alpha value is -5.93. The van der Waals surface area contributed by atoms with Crippen molar-refractivity contribution in [3.05, 3.63) is 121 Å². The lowest BCUT2D eigenvalue weighted by atomic mass is 10.0. The van der Waals surface area contributed by atoms with Crippen molar-refractivity contribution in [1.82, 2.24) is 29.1 Å². The zero-order chi connectivity index (χ0) is 36.3. The van der Waals surface area contributed by atoms with Crippen LogP contribution in [0.5, 0.6) is 0 Å². The quantitative estimate of drug-likeness (QED) is 0.143. The molecule has 13 rings (SSSR count). The molecular formula is C42H34N6O4Si2. The van der Waals surface area contributed by atoms with E-state index >= 15 is 0 Å². The number of benzene rings is 6. The Morgan fingerprint density at radius 1 is 0.537 bits per heavy atom. The van der Waals surface area contributed by atoms with Crippen LogP contribution in [0.1, 0.15) is 11.5 Å². The largest absolute Gasteiger partial charge is 0.442 e. The third-order valence-corrected chi connectivity index (χ3v) is 15.6. The maximum atomic E-state index is 7.03. The van der Waals surface area contributed by atoms with Crippen molar-refractivity contribution in [3.63, 3.8) is 0 Å². The number of oxazole rings is 2. The van der Waals surface area contributed by atoms with E-state index in [4.69, 9.17) is 37.6 Å². The monoisotopic (exact) mass is 742 g/mol. The number of hydrogen-bond acceptors (Lipinski definition) is 8. The maximum absolute atomic E-state index is 7.03. The number of imidazole rings is 2. The molecule has 6 aromatic carbocycles. The fourth-order valence-corrected chi connectivity index (χ4v) is 11.4. The number of rotatable bonds is 0. The van der Waals surface area contributed by atoms with Crippen LogP contribution in [0.4, 0.5) is 0 Å². The molecule has 0 saturated carbocycles. The Labute approximate surface area is 310 Å². The molecule has 0 amide bonds. The van der Waals surface area contributed by atoms with Gasteiger partial charge in [0, 0.05) is 10.8 Å². The molecular weight excluding hydrogens is 709 g/mol. The molecule has 12 heteroatoms. The van der Waals surface area contributed by atoms with E-state index in [0.717, 1.165) is 66.2 Å². The molecule has 3 aliphatic rings. The van der Waals surface area contributed by atoms with Gasteiger partial charge in [-0.15, -0.1) is 0 Å². The Morgan fingerprint density at radius 2 is 1.11 bits per heavy atom.